The van der Waals surface area contributed by atoms with Gasteiger partial charge in [0.1, 0.15) is 11.3 Å². The zero-order valence-corrected chi connectivity index (χ0v) is 18.2. The van der Waals surface area contributed by atoms with E-state index in [9.17, 15) is 23.1 Å². The summed E-state index contributed by atoms with van der Waals surface area (Å²) in [4.78, 5) is 23.7. The quantitative estimate of drug-likeness (QED) is 0.151. The van der Waals surface area contributed by atoms with E-state index >= 15 is 0 Å². The topological polar surface area (TPSA) is 127 Å². The van der Waals surface area contributed by atoms with Gasteiger partial charge in [0.15, 0.2) is 0 Å². The molecule has 0 fully saturated rings. The Morgan fingerprint density at radius 1 is 1.07 bits per heavy atom. The number of hydrogen-bond donors (Lipinski definition) is 2. The highest BCUT2D eigenvalue weighted by Crippen LogP contribution is 2.23. The van der Waals surface area contributed by atoms with Crippen molar-refractivity contribution in [2.75, 3.05) is 0 Å². The molecule has 1 aromatic rings. The normalized spacial score (nSPS) is 12.2. The fourth-order valence-corrected chi connectivity index (χ4v) is 3.16. The third kappa shape index (κ3) is 8.96. The molecule has 0 amide bonds. The van der Waals surface area contributed by atoms with Gasteiger partial charge in [0.25, 0.3) is 10.1 Å². The van der Waals surface area contributed by atoms with Crippen LogP contribution in [0, 0.1) is 0 Å². The van der Waals surface area contributed by atoms with Crippen LogP contribution in [0.3, 0.4) is 0 Å². The second-order valence-electron chi connectivity index (χ2n) is 7.08. The molecule has 1 rings (SSSR count). The molecule has 9 heteroatoms. The number of esters is 2. The third-order valence-corrected chi connectivity index (χ3v) is 5.20. The Hall–Kier alpha value is -2.39. The molecule has 2 N–H and O–H groups in total. The first-order valence-corrected chi connectivity index (χ1v) is 11.4. The predicted molar refractivity (Wildman–Crippen MR) is 111 cm³/mol. The molecule has 0 aromatic heterocycles. The van der Waals surface area contributed by atoms with Crippen LogP contribution < -0.4 is 0 Å². The molecule has 0 saturated heterocycles. The van der Waals surface area contributed by atoms with Crippen molar-refractivity contribution in [3.8, 4) is 5.75 Å². The third-order valence-electron chi connectivity index (χ3n) is 4.35. The second kappa shape index (κ2) is 12.3. The summed E-state index contributed by atoms with van der Waals surface area (Å²) in [6.07, 6.45) is 6.14. The van der Waals surface area contributed by atoms with Gasteiger partial charge in [0.05, 0.1) is 4.90 Å². The van der Waals surface area contributed by atoms with Crippen molar-refractivity contribution in [2.24, 2.45) is 0 Å². The Bertz CT molecular complexity index is 845. The van der Waals surface area contributed by atoms with Crippen molar-refractivity contribution in [3.05, 3.63) is 35.9 Å². The summed E-state index contributed by atoms with van der Waals surface area (Å²) in [6, 6.07) is 2.68. The molecule has 0 heterocycles. The molecule has 1 atom stereocenters. The molecule has 0 spiro atoms. The van der Waals surface area contributed by atoms with Crippen molar-refractivity contribution in [1.29, 1.82) is 0 Å². The van der Waals surface area contributed by atoms with Crippen LogP contribution in [0.1, 0.15) is 75.6 Å². The van der Waals surface area contributed by atoms with Crippen molar-refractivity contribution >= 4 is 22.1 Å². The zero-order valence-electron chi connectivity index (χ0n) is 17.4. The molecule has 30 heavy (non-hydrogen) atoms. The molecular weight excluding hydrogens is 412 g/mol. The smallest absolute Gasteiger partial charge is 0.345 e. The van der Waals surface area contributed by atoms with E-state index in [1.807, 2.05) is 0 Å². The molecular formula is C21H30O8S. The number of hydrogen-bond acceptors (Lipinski definition) is 7. The van der Waals surface area contributed by atoms with Gasteiger partial charge in [-0.3, -0.25) is 4.55 Å². The first-order valence-electron chi connectivity index (χ1n) is 9.94. The number of benzene rings is 1. The molecule has 1 unspecified atom stereocenters. The highest BCUT2D eigenvalue weighted by Gasteiger charge is 2.24. The van der Waals surface area contributed by atoms with Crippen molar-refractivity contribution in [2.45, 2.75) is 76.4 Å². The second-order valence-corrected chi connectivity index (χ2v) is 8.51. The van der Waals surface area contributed by atoms with E-state index < -0.39 is 44.6 Å². The van der Waals surface area contributed by atoms with Gasteiger partial charge in [-0.05, 0) is 31.5 Å². The van der Waals surface area contributed by atoms with Crippen LogP contribution in [-0.2, 0) is 24.4 Å². The predicted octanol–water partition coefficient (Wildman–Crippen LogP) is 4.38. The van der Waals surface area contributed by atoms with Crippen LogP contribution in [0.4, 0.5) is 0 Å². The Balaban J connectivity index is 2.81. The summed E-state index contributed by atoms with van der Waals surface area (Å²) in [5.41, 5.74) is -0.340. The van der Waals surface area contributed by atoms with Crippen LogP contribution in [0.15, 0.2) is 35.2 Å². The summed E-state index contributed by atoms with van der Waals surface area (Å²) >= 11 is 0. The van der Waals surface area contributed by atoms with E-state index in [2.05, 4.69) is 13.5 Å². The molecule has 8 nitrogen and oxygen atoms in total. The summed E-state index contributed by atoms with van der Waals surface area (Å²) < 4.78 is 42.0. The maximum Gasteiger partial charge on any atom is 0.345 e. The number of phenols is 1. The number of carbonyl (C=O) groups excluding carboxylic acids is 2. The Labute approximate surface area is 177 Å². The van der Waals surface area contributed by atoms with E-state index in [1.165, 1.54) is 13.3 Å². The van der Waals surface area contributed by atoms with Crippen LogP contribution in [0.5, 0.6) is 5.75 Å². The van der Waals surface area contributed by atoms with Gasteiger partial charge in [-0.2, -0.15) is 8.42 Å². The molecule has 0 radical (unpaired) electrons. The molecule has 0 aliphatic heterocycles. The average molecular weight is 443 g/mol. The Morgan fingerprint density at radius 2 is 1.67 bits per heavy atom. The van der Waals surface area contributed by atoms with Gasteiger partial charge in [-0.15, -0.1) is 0 Å². The fourth-order valence-electron chi connectivity index (χ4n) is 2.65. The summed E-state index contributed by atoms with van der Waals surface area (Å²) in [5, 5.41) is 9.87. The molecule has 0 saturated carbocycles. The van der Waals surface area contributed by atoms with Gasteiger partial charge < -0.3 is 14.6 Å². The van der Waals surface area contributed by atoms with Crippen molar-refractivity contribution in [1.82, 2.24) is 0 Å². The lowest BCUT2D eigenvalue weighted by Crippen LogP contribution is -2.25. The minimum absolute atomic E-state index is 0.131. The van der Waals surface area contributed by atoms with E-state index in [1.54, 1.807) is 0 Å². The maximum absolute atomic E-state index is 12.4. The SMILES string of the molecule is C=C(C)C(=O)OC(CCCCCCCCC)OC(=O)c1cc(S(=O)(=O)O)ccc1O. The van der Waals surface area contributed by atoms with E-state index in [-0.39, 0.29) is 12.0 Å². The lowest BCUT2D eigenvalue weighted by molar-refractivity contribution is -0.164. The molecule has 168 valence electrons. The van der Waals surface area contributed by atoms with Crippen molar-refractivity contribution < 1.29 is 37.1 Å². The van der Waals surface area contributed by atoms with Crippen LogP contribution in [-0.4, -0.2) is 36.3 Å². The molecule has 1 aromatic carbocycles. The first kappa shape index (κ1) is 25.6. The van der Waals surface area contributed by atoms with Crippen LogP contribution in [0.25, 0.3) is 0 Å². The Morgan fingerprint density at radius 3 is 2.23 bits per heavy atom. The summed E-state index contributed by atoms with van der Waals surface area (Å²) in [6.45, 7) is 7.08. The number of aromatic hydroxyl groups is 1. The Kier molecular flexibility index (Phi) is 10.5. The van der Waals surface area contributed by atoms with E-state index in [0.29, 0.717) is 6.42 Å². The molecule has 0 aliphatic carbocycles. The fraction of sp³-hybridized carbons (Fsp3) is 0.524. The van der Waals surface area contributed by atoms with Crippen molar-refractivity contribution in [3.63, 3.8) is 0 Å². The lowest BCUT2D eigenvalue weighted by Gasteiger charge is -2.19. The summed E-state index contributed by atoms with van der Waals surface area (Å²) in [5.74, 6) is -2.35. The minimum Gasteiger partial charge on any atom is -0.507 e. The largest absolute Gasteiger partial charge is 0.507 e. The van der Waals surface area contributed by atoms with Gasteiger partial charge in [-0.1, -0.05) is 52.0 Å². The number of rotatable bonds is 13. The lowest BCUT2D eigenvalue weighted by atomic mass is 10.1. The van der Waals surface area contributed by atoms with Gasteiger partial charge in [0.2, 0.25) is 6.29 Å². The molecule has 0 aliphatic rings. The number of unbranched alkanes of at least 4 members (excludes halogenated alkanes) is 6. The minimum atomic E-state index is -4.58. The number of carbonyl (C=O) groups is 2. The monoisotopic (exact) mass is 442 g/mol. The average Bonchev–Trinajstić information content (AvgIpc) is 2.66. The van der Waals surface area contributed by atoms with Gasteiger partial charge >= 0.3 is 11.9 Å². The first-order chi connectivity index (χ1) is 14.1. The van der Waals surface area contributed by atoms with E-state index in [0.717, 1.165) is 50.3 Å². The number of phenolic OH excluding ortho intramolecular Hbond substituents is 1. The van der Waals surface area contributed by atoms with Gasteiger partial charge in [0, 0.05) is 12.0 Å². The highest BCUT2D eigenvalue weighted by atomic mass is 32.2. The summed E-state index contributed by atoms with van der Waals surface area (Å²) in [7, 11) is -4.58. The van der Waals surface area contributed by atoms with Gasteiger partial charge in [-0.25, -0.2) is 9.59 Å². The molecule has 0 bridgehead atoms. The number of ether oxygens (including phenoxy) is 2. The highest BCUT2D eigenvalue weighted by molar-refractivity contribution is 7.85. The van der Waals surface area contributed by atoms with E-state index in [4.69, 9.17) is 14.0 Å². The zero-order chi connectivity index (χ0) is 22.7. The maximum atomic E-state index is 12.4. The van der Waals surface area contributed by atoms with Crippen LogP contribution >= 0.6 is 0 Å². The standard InChI is InChI=1S/C21H30O8S/c1-4-5-6-7-8-9-10-11-19(28-20(23)15(2)3)29-21(24)17-14-16(30(25,26)27)12-13-18(17)22/h12-14,19,22H,2,4-11H2,1,3H3,(H,25,26,27). The van der Waals surface area contributed by atoms with Crippen LogP contribution in [0.2, 0.25) is 0 Å².